The van der Waals surface area contributed by atoms with Crippen LogP contribution in [0.15, 0.2) is 16.8 Å². The van der Waals surface area contributed by atoms with Crippen LogP contribution in [0.3, 0.4) is 0 Å². The molecule has 2 aliphatic heterocycles. The van der Waals surface area contributed by atoms with Crippen LogP contribution in [0.2, 0.25) is 0 Å². The predicted molar refractivity (Wildman–Crippen MR) is 54.0 cm³/mol. The van der Waals surface area contributed by atoms with Gasteiger partial charge in [-0.25, -0.2) is 0 Å². The van der Waals surface area contributed by atoms with Gasteiger partial charge in [0, 0.05) is 38.6 Å². The summed E-state index contributed by atoms with van der Waals surface area (Å²) in [6.45, 7) is 3.24. The molecule has 90 valence electrons. The lowest BCUT2D eigenvalue weighted by Gasteiger charge is -2.33. The lowest BCUT2D eigenvalue weighted by atomic mass is 10.3. The number of hydrogen-bond acceptors (Lipinski definition) is 4. The van der Waals surface area contributed by atoms with E-state index >= 15 is 0 Å². The van der Waals surface area contributed by atoms with Gasteiger partial charge in [-0.05, 0) is 0 Å². The molecule has 2 aliphatic rings. The average molecular weight is 234 g/mol. The Kier molecular flexibility index (Phi) is 3.15. The Morgan fingerprint density at radius 2 is 2.00 bits per heavy atom. The summed E-state index contributed by atoms with van der Waals surface area (Å²) in [5.41, 5.74) is -0.737. The lowest BCUT2D eigenvalue weighted by Crippen LogP contribution is -2.52. The van der Waals surface area contributed by atoms with E-state index < -0.39 is 11.7 Å². The smallest absolute Gasteiger partial charge is 0.357 e. The van der Waals surface area contributed by atoms with Gasteiger partial charge in [-0.2, -0.15) is 13.2 Å². The summed E-state index contributed by atoms with van der Waals surface area (Å²) < 4.78 is 36.9. The summed E-state index contributed by atoms with van der Waals surface area (Å²) >= 11 is 0. The molecule has 0 bridgehead atoms. The first kappa shape index (κ1) is 11.4. The molecule has 16 heavy (non-hydrogen) atoms. The van der Waals surface area contributed by atoms with Gasteiger partial charge in [0.2, 0.25) is 0 Å². The standard InChI is InChI=1S/C9H13F3N4/c10-9(11,12)7-5-14-8(15-6-7)16-3-1-13-2-4-16/h5-6,8,13-14H,1-4H2. The molecule has 0 aliphatic carbocycles. The van der Waals surface area contributed by atoms with Crippen LogP contribution in [0.1, 0.15) is 0 Å². The number of hydrogen-bond donors (Lipinski definition) is 2. The normalized spacial score (nSPS) is 27.4. The molecule has 0 radical (unpaired) electrons. The fourth-order valence-electron chi connectivity index (χ4n) is 1.68. The zero-order chi connectivity index (χ0) is 11.6. The Morgan fingerprint density at radius 1 is 1.31 bits per heavy atom. The van der Waals surface area contributed by atoms with Crippen LogP contribution >= 0.6 is 0 Å². The van der Waals surface area contributed by atoms with Gasteiger partial charge in [-0.1, -0.05) is 0 Å². The molecule has 7 heteroatoms. The van der Waals surface area contributed by atoms with Crippen molar-refractivity contribution >= 4 is 6.21 Å². The van der Waals surface area contributed by atoms with E-state index in [0.29, 0.717) is 0 Å². The molecular formula is C9H13F3N4. The van der Waals surface area contributed by atoms with Gasteiger partial charge in [0.25, 0.3) is 0 Å². The Hall–Kier alpha value is -1.08. The Labute approximate surface area is 91.2 Å². The third-order valence-electron chi connectivity index (χ3n) is 2.57. The minimum absolute atomic E-state index is 0.367. The number of rotatable bonds is 1. The second-order valence-corrected chi connectivity index (χ2v) is 3.70. The van der Waals surface area contributed by atoms with E-state index in [1.807, 2.05) is 4.90 Å². The van der Waals surface area contributed by atoms with Gasteiger partial charge in [0.1, 0.15) is 0 Å². The molecule has 2 N–H and O–H groups in total. The Bertz CT molecular complexity index is 304. The SMILES string of the molecule is FC(F)(F)C1=CNC(N2CCNCC2)N=C1. The maximum Gasteiger partial charge on any atom is 0.419 e. The third-order valence-corrected chi connectivity index (χ3v) is 2.57. The van der Waals surface area contributed by atoms with E-state index in [0.717, 1.165) is 38.6 Å². The first-order valence-electron chi connectivity index (χ1n) is 5.09. The van der Waals surface area contributed by atoms with Crippen molar-refractivity contribution in [2.45, 2.75) is 12.5 Å². The van der Waals surface area contributed by atoms with E-state index in [1.165, 1.54) is 0 Å². The van der Waals surface area contributed by atoms with Crippen LogP contribution in [0.4, 0.5) is 13.2 Å². The summed E-state index contributed by atoms with van der Waals surface area (Å²) in [7, 11) is 0. The quantitative estimate of drug-likeness (QED) is 0.685. The van der Waals surface area contributed by atoms with E-state index in [4.69, 9.17) is 0 Å². The summed E-state index contributed by atoms with van der Waals surface area (Å²) in [5.74, 6) is 0. The molecule has 2 rings (SSSR count). The number of alkyl halides is 3. The zero-order valence-electron chi connectivity index (χ0n) is 8.59. The number of piperazine rings is 1. The number of aliphatic imine (C=N–C) groups is 1. The van der Waals surface area contributed by atoms with Crippen LogP contribution in [0.5, 0.6) is 0 Å². The van der Waals surface area contributed by atoms with Crippen LogP contribution in [-0.2, 0) is 0 Å². The van der Waals surface area contributed by atoms with Gasteiger partial charge in [0.05, 0.1) is 5.57 Å². The second-order valence-electron chi connectivity index (χ2n) is 3.70. The van der Waals surface area contributed by atoms with Crippen molar-refractivity contribution in [2.24, 2.45) is 4.99 Å². The van der Waals surface area contributed by atoms with Crippen LogP contribution in [0.25, 0.3) is 0 Å². The molecule has 4 nitrogen and oxygen atoms in total. The molecule has 0 spiro atoms. The van der Waals surface area contributed by atoms with Crippen molar-refractivity contribution in [3.05, 3.63) is 11.8 Å². The highest BCUT2D eigenvalue weighted by molar-refractivity contribution is 5.80. The predicted octanol–water partition coefficient (Wildman–Crippen LogP) is 0.295. The fraction of sp³-hybridized carbons (Fsp3) is 0.667. The van der Waals surface area contributed by atoms with Gasteiger partial charge in [-0.15, -0.1) is 0 Å². The number of halogens is 3. The molecule has 2 heterocycles. The molecule has 1 saturated heterocycles. The molecule has 1 atom stereocenters. The molecule has 0 aromatic carbocycles. The first-order chi connectivity index (χ1) is 7.57. The summed E-state index contributed by atoms with van der Waals surface area (Å²) in [6.07, 6.45) is -2.82. The monoisotopic (exact) mass is 234 g/mol. The van der Waals surface area contributed by atoms with Crippen LogP contribution in [-0.4, -0.2) is 49.8 Å². The third kappa shape index (κ3) is 2.53. The Balaban J connectivity index is 1.94. The van der Waals surface area contributed by atoms with Crippen molar-refractivity contribution < 1.29 is 13.2 Å². The number of allylic oxidation sites excluding steroid dienone is 1. The molecule has 0 amide bonds. The van der Waals surface area contributed by atoms with Gasteiger partial charge >= 0.3 is 6.18 Å². The highest BCUT2D eigenvalue weighted by Crippen LogP contribution is 2.25. The molecule has 1 unspecified atom stereocenters. The zero-order valence-corrected chi connectivity index (χ0v) is 8.59. The average Bonchev–Trinajstić information content (AvgIpc) is 2.29. The molecule has 0 saturated carbocycles. The lowest BCUT2D eigenvalue weighted by molar-refractivity contribution is -0.0865. The summed E-state index contributed by atoms with van der Waals surface area (Å²) in [4.78, 5) is 5.87. The number of nitrogens with one attached hydrogen (secondary N) is 2. The maximum absolute atomic E-state index is 12.3. The van der Waals surface area contributed by atoms with Gasteiger partial charge < -0.3 is 10.6 Å². The highest BCUT2D eigenvalue weighted by Gasteiger charge is 2.34. The minimum Gasteiger partial charge on any atom is -0.357 e. The summed E-state index contributed by atoms with van der Waals surface area (Å²) in [6, 6.07) is 0. The van der Waals surface area contributed by atoms with E-state index in [9.17, 15) is 13.2 Å². The fourth-order valence-corrected chi connectivity index (χ4v) is 1.68. The van der Waals surface area contributed by atoms with E-state index in [1.54, 1.807) is 0 Å². The topological polar surface area (TPSA) is 39.7 Å². The van der Waals surface area contributed by atoms with Crippen LogP contribution < -0.4 is 10.6 Å². The first-order valence-corrected chi connectivity index (χ1v) is 5.09. The van der Waals surface area contributed by atoms with Crippen molar-refractivity contribution in [1.82, 2.24) is 15.5 Å². The van der Waals surface area contributed by atoms with Gasteiger partial charge in [-0.3, -0.25) is 9.89 Å². The van der Waals surface area contributed by atoms with Crippen molar-refractivity contribution in [3.8, 4) is 0 Å². The van der Waals surface area contributed by atoms with Crippen molar-refractivity contribution in [1.29, 1.82) is 0 Å². The van der Waals surface area contributed by atoms with Crippen LogP contribution in [0, 0.1) is 0 Å². The minimum atomic E-state index is -4.33. The largest absolute Gasteiger partial charge is 0.419 e. The van der Waals surface area contributed by atoms with E-state index in [2.05, 4.69) is 15.6 Å². The van der Waals surface area contributed by atoms with Gasteiger partial charge in [0.15, 0.2) is 6.29 Å². The molecule has 1 fully saturated rings. The maximum atomic E-state index is 12.3. The number of nitrogens with zero attached hydrogens (tertiary/aromatic N) is 2. The van der Waals surface area contributed by atoms with Crippen molar-refractivity contribution in [3.63, 3.8) is 0 Å². The molecule has 0 aromatic heterocycles. The van der Waals surface area contributed by atoms with E-state index in [-0.39, 0.29) is 6.29 Å². The molecular weight excluding hydrogens is 221 g/mol. The van der Waals surface area contributed by atoms with Crippen molar-refractivity contribution in [2.75, 3.05) is 26.2 Å². The highest BCUT2D eigenvalue weighted by atomic mass is 19.4. The Morgan fingerprint density at radius 3 is 2.50 bits per heavy atom. The summed E-state index contributed by atoms with van der Waals surface area (Å²) in [5, 5.41) is 5.83. The second kappa shape index (κ2) is 4.42. The molecule has 0 aromatic rings.